The molecule has 0 aromatic rings. The highest BCUT2D eigenvalue weighted by molar-refractivity contribution is 5.84. The van der Waals surface area contributed by atoms with Crippen LogP contribution in [0.25, 0.3) is 0 Å². The van der Waals surface area contributed by atoms with Crippen LogP contribution in [0.5, 0.6) is 0 Å². The van der Waals surface area contributed by atoms with Gasteiger partial charge in [-0.05, 0) is 40.0 Å². The highest BCUT2D eigenvalue weighted by Gasteiger charge is 2.36. The zero-order valence-electron chi connectivity index (χ0n) is 10.5. The number of carbonyl (C=O) groups is 1. The van der Waals surface area contributed by atoms with E-state index < -0.39 is 18.4 Å². The van der Waals surface area contributed by atoms with Crippen molar-refractivity contribution >= 4 is 5.78 Å². The summed E-state index contributed by atoms with van der Waals surface area (Å²) >= 11 is 0. The first-order valence-electron chi connectivity index (χ1n) is 5.62. The molecule has 0 bridgehead atoms. The number of hydrogen-bond donors (Lipinski definition) is 0. The van der Waals surface area contributed by atoms with Crippen LogP contribution in [0.3, 0.4) is 0 Å². The van der Waals surface area contributed by atoms with Crippen LogP contribution in [-0.2, 0) is 4.79 Å². The third-order valence-electron chi connectivity index (χ3n) is 2.27. The number of hydrogen-bond acceptors (Lipinski definition) is 1. The second kappa shape index (κ2) is 7.30. The van der Waals surface area contributed by atoms with Gasteiger partial charge in [0, 0.05) is 6.42 Å². The van der Waals surface area contributed by atoms with E-state index in [1.54, 1.807) is 6.08 Å². The molecule has 0 heterocycles. The Morgan fingerprint density at radius 2 is 1.53 bits per heavy atom. The molecule has 98 valence electrons. The fraction of sp³-hybridized carbons (Fsp3) is 0.615. The van der Waals surface area contributed by atoms with Crippen LogP contribution < -0.4 is 0 Å². The largest absolute Gasteiger partial charge is 0.449 e. The summed E-state index contributed by atoms with van der Waals surface area (Å²) in [7, 11) is 0. The molecule has 0 aliphatic carbocycles. The average molecular weight is 248 g/mol. The summed E-state index contributed by atoms with van der Waals surface area (Å²) in [5, 5.41) is 0. The minimum Gasteiger partial charge on any atom is -0.290 e. The SMILES string of the molecule is CC(C)=CCC/C(C)=C/CCC(=O)C(F)(F)F. The third-order valence-corrected chi connectivity index (χ3v) is 2.27. The molecule has 0 aliphatic heterocycles. The molecule has 0 unspecified atom stereocenters. The van der Waals surface area contributed by atoms with Gasteiger partial charge < -0.3 is 0 Å². The molecule has 17 heavy (non-hydrogen) atoms. The van der Waals surface area contributed by atoms with Crippen molar-refractivity contribution in [1.82, 2.24) is 0 Å². The van der Waals surface area contributed by atoms with Gasteiger partial charge in [-0.3, -0.25) is 4.79 Å². The van der Waals surface area contributed by atoms with Crippen LogP contribution in [0.4, 0.5) is 13.2 Å². The Hall–Kier alpha value is -1.06. The van der Waals surface area contributed by atoms with E-state index in [0.29, 0.717) is 0 Å². The zero-order chi connectivity index (χ0) is 13.5. The maximum Gasteiger partial charge on any atom is 0.449 e. The fourth-order valence-electron chi connectivity index (χ4n) is 1.28. The van der Waals surface area contributed by atoms with Gasteiger partial charge in [0.15, 0.2) is 0 Å². The molecule has 0 aromatic carbocycles. The van der Waals surface area contributed by atoms with E-state index in [1.165, 1.54) is 5.57 Å². The van der Waals surface area contributed by atoms with Crippen molar-refractivity contribution in [3.63, 3.8) is 0 Å². The molecular formula is C13H19F3O. The van der Waals surface area contributed by atoms with Crippen molar-refractivity contribution in [1.29, 1.82) is 0 Å². The lowest BCUT2D eigenvalue weighted by molar-refractivity contribution is -0.170. The van der Waals surface area contributed by atoms with Crippen LogP contribution in [0.1, 0.15) is 46.5 Å². The molecule has 0 fully saturated rings. The first kappa shape index (κ1) is 15.9. The predicted octanol–water partition coefficient (Wildman–Crippen LogP) is 4.59. The van der Waals surface area contributed by atoms with E-state index in [4.69, 9.17) is 0 Å². The van der Waals surface area contributed by atoms with Crippen molar-refractivity contribution in [3.05, 3.63) is 23.3 Å². The number of alkyl halides is 3. The van der Waals surface area contributed by atoms with Gasteiger partial charge in [-0.2, -0.15) is 13.2 Å². The van der Waals surface area contributed by atoms with Crippen LogP contribution in [0, 0.1) is 0 Å². The molecule has 0 atom stereocenters. The summed E-state index contributed by atoms with van der Waals surface area (Å²) in [5.41, 5.74) is 2.25. The van der Waals surface area contributed by atoms with E-state index in [0.717, 1.165) is 18.4 Å². The molecule has 0 saturated heterocycles. The summed E-state index contributed by atoms with van der Waals surface area (Å²) in [6.07, 6.45) is 0.524. The first-order valence-corrected chi connectivity index (χ1v) is 5.62. The lowest BCUT2D eigenvalue weighted by Gasteiger charge is -2.03. The fourth-order valence-corrected chi connectivity index (χ4v) is 1.28. The molecule has 0 saturated carbocycles. The minimum absolute atomic E-state index is 0.166. The minimum atomic E-state index is -4.69. The van der Waals surface area contributed by atoms with Gasteiger partial charge >= 0.3 is 6.18 Å². The Balaban J connectivity index is 3.93. The number of halogens is 3. The van der Waals surface area contributed by atoms with Gasteiger partial charge in [0.1, 0.15) is 0 Å². The molecule has 0 aliphatic rings. The van der Waals surface area contributed by atoms with Gasteiger partial charge in [0.25, 0.3) is 0 Å². The maximum absolute atomic E-state index is 11.9. The predicted molar refractivity (Wildman–Crippen MR) is 62.7 cm³/mol. The Morgan fingerprint density at radius 1 is 1.00 bits per heavy atom. The van der Waals surface area contributed by atoms with Crippen LogP contribution in [-0.4, -0.2) is 12.0 Å². The Labute approximate surface area is 100 Å². The highest BCUT2D eigenvalue weighted by atomic mass is 19.4. The van der Waals surface area contributed by atoms with Gasteiger partial charge in [-0.15, -0.1) is 0 Å². The second-order valence-electron chi connectivity index (χ2n) is 4.33. The number of rotatable bonds is 6. The van der Waals surface area contributed by atoms with Gasteiger partial charge in [0.2, 0.25) is 5.78 Å². The van der Waals surface area contributed by atoms with E-state index >= 15 is 0 Å². The summed E-state index contributed by atoms with van der Waals surface area (Å²) in [6, 6.07) is 0. The first-order chi connectivity index (χ1) is 7.73. The van der Waals surface area contributed by atoms with E-state index in [9.17, 15) is 18.0 Å². The standard InChI is InChI=1S/C13H19F3O/c1-10(2)6-4-7-11(3)8-5-9-12(17)13(14,15)16/h6,8H,4-5,7,9H2,1-3H3/b11-8+. The van der Waals surface area contributed by atoms with E-state index in [1.807, 2.05) is 20.8 Å². The van der Waals surface area contributed by atoms with Crippen molar-refractivity contribution in [2.75, 3.05) is 0 Å². The molecule has 4 heteroatoms. The lowest BCUT2D eigenvalue weighted by Crippen LogP contribution is -2.21. The van der Waals surface area contributed by atoms with Crippen LogP contribution >= 0.6 is 0 Å². The van der Waals surface area contributed by atoms with Crippen molar-refractivity contribution in [3.8, 4) is 0 Å². The molecular weight excluding hydrogens is 229 g/mol. The monoisotopic (exact) mass is 248 g/mol. The quantitative estimate of drug-likeness (QED) is 0.628. The van der Waals surface area contributed by atoms with Crippen LogP contribution in [0.2, 0.25) is 0 Å². The lowest BCUT2D eigenvalue weighted by atomic mass is 10.1. The average Bonchev–Trinajstić information content (AvgIpc) is 2.15. The number of allylic oxidation sites excluding steroid dienone is 4. The smallest absolute Gasteiger partial charge is 0.290 e. The molecule has 1 nitrogen and oxygen atoms in total. The van der Waals surface area contributed by atoms with Crippen molar-refractivity contribution in [2.24, 2.45) is 0 Å². The summed E-state index contributed by atoms with van der Waals surface area (Å²) in [4.78, 5) is 10.6. The van der Waals surface area contributed by atoms with Gasteiger partial charge in [-0.25, -0.2) is 0 Å². The molecule has 0 N–H and O–H groups in total. The number of ketones is 1. The number of Topliss-reactive ketones (excluding diaryl/α,β-unsaturated/α-hetero) is 1. The third kappa shape index (κ3) is 8.72. The number of carbonyl (C=O) groups excluding carboxylic acids is 1. The molecule has 0 amide bonds. The Bertz CT molecular complexity index is 307. The molecule has 0 aromatic heterocycles. The topological polar surface area (TPSA) is 17.1 Å². The Morgan fingerprint density at radius 3 is 2.00 bits per heavy atom. The van der Waals surface area contributed by atoms with Gasteiger partial charge in [-0.1, -0.05) is 23.3 Å². The summed E-state index contributed by atoms with van der Waals surface area (Å²) < 4.78 is 35.7. The molecule has 0 rings (SSSR count). The highest BCUT2D eigenvalue weighted by Crippen LogP contribution is 2.19. The van der Waals surface area contributed by atoms with E-state index in [-0.39, 0.29) is 6.42 Å². The molecule has 0 radical (unpaired) electrons. The normalized spacial score (nSPS) is 12.5. The second-order valence-corrected chi connectivity index (χ2v) is 4.33. The summed E-state index contributed by atoms with van der Waals surface area (Å²) in [6.45, 7) is 5.87. The van der Waals surface area contributed by atoms with Gasteiger partial charge in [0.05, 0.1) is 0 Å². The van der Waals surface area contributed by atoms with E-state index in [2.05, 4.69) is 6.08 Å². The van der Waals surface area contributed by atoms with Crippen molar-refractivity contribution < 1.29 is 18.0 Å². The zero-order valence-corrected chi connectivity index (χ0v) is 10.5. The Kier molecular flexibility index (Phi) is 6.85. The maximum atomic E-state index is 11.9. The summed E-state index contributed by atoms with van der Waals surface area (Å²) in [5.74, 6) is -1.65. The van der Waals surface area contributed by atoms with Crippen molar-refractivity contribution in [2.45, 2.75) is 52.6 Å². The molecule has 0 spiro atoms. The van der Waals surface area contributed by atoms with Crippen LogP contribution in [0.15, 0.2) is 23.3 Å².